The van der Waals surface area contributed by atoms with E-state index in [2.05, 4.69) is 31.2 Å². The van der Waals surface area contributed by atoms with Crippen LogP contribution in [0.3, 0.4) is 0 Å². The molecule has 2 rings (SSSR count). The van der Waals surface area contributed by atoms with E-state index in [9.17, 15) is 0 Å². The van der Waals surface area contributed by atoms with Gasteiger partial charge in [-0.05, 0) is 47.5 Å². The second-order valence-electron chi connectivity index (χ2n) is 4.22. The number of halogens is 2. The van der Waals surface area contributed by atoms with Crippen molar-refractivity contribution < 1.29 is 0 Å². The molecule has 1 fully saturated rings. The molecular weight excluding hydrogens is 289 g/mol. The lowest BCUT2D eigenvalue weighted by atomic mass is 9.89. The highest BCUT2D eigenvalue weighted by Crippen LogP contribution is 2.28. The summed E-state index contributed by atoms with van der Waals surface area (Å²) in [6, 6.07) is 0. The number of hydrogen-bond donors (Lipinski definition) is 1. The van der Waals surface area contributed by atoms with Crippen LogP contribution in [0.4, 0.5) is 5.82 Å². The number of anilines is 1. The Labute approximate surface area is 109 Å². The fourth-order valence-electron chi connectivity index (χ4n) is 2.01. The summed E-state index contributed by atoms with van der Waals surface area (Å²) in [5, 5.41) is 3.75. The zero-order chi connectivity index (χ0) is 11.4. The number of nitrogens with zero attached hydrogens (tertiary/aromatic N) is 2. The molecule has 1 aromatic heterocycles. The molecule has 0 amide bonds. The fourth-order valence-corrected chi connectivity index (χ4v) is 2.62. The first-order valence-corrected chi connectivity index (χ1v) is 6.82. The molecule has 0 radical (unpaired) electrons. The molecule has 0 bridgehead atoms. The van der Waals surface area contributed by atoms with Gasteiger partial charge < -0.3 is 5.32 Å². The summed E-state index contributed by atoms with van der Waals surface area (Å²) in [6.45, 7) is 0.971. The molecule has 5 heteroatoms. The van der Waals surface area contributed by atoms with Crippen LogP contribution in [0.5, 0.6) is 0 Å². The van der Waals surface area contributed by atoms with Gasteiger partial charge in [-0.25, -0.2) is 9.97 Å². The maximum absolute atomic E-state index is 6.08. The summed E-state index contributed by atoms with van der Waals surface area (Å²) in [5.74, 6) is 1.60. The van der Waals surface area contributed by atoms with Crippen LogP contribution in [-0.2, 0) is 0 Å². The lowest BCUT2D eigenvalue weighted by Crippen LogP contribution is -2.21. The van der Waals surface area contributed by atoms with E-state index in [0.29, 0.717) is 5.38 Å². The van der Waals surface area contributed by atoms with Gasteiger partial charge in [-0.3, -0.25) is 0 Å². The van der Waals surface area contributed by atoms with Gasteiger partial charge in [0.05, 0.1) is 4.47 Å². The van der Waals surface area contributed by atoms with Gasteiger partial charge >= 0.3 is 0 Å². The standard InChI is InChI=1S/C11H15BrClN3/c12-10-6-14-7-16-11(10)15-5-8-1-3-9(13)4-2-8/h6-9H,1-5H2,(H,14,15,16). The SMILES string of the molecule is ClC1CCC(CNc2ncncc2Br)CC1. The fraction of sp³-hybridized carbons (Fsp3) is 0.636. The molecule has 1 aromatic rings. The van der Waals surface area contributed by atoms with E-state index in [4.69, 9.17) is 11.6 Å². The van der Waals surface area contributed by atoms with Gasteiger partial charge in [-0.2, -0.15) is 0 Å². The molecule has 16 heavy (non-hydrogen) atoms. The van der Waals surface area contributed by atoms with E-state index >= 15 is 0 Å². The van der Waals surface area contributed by atoms with Crippen molar-refractivity contribution in [3.63, 3.8) is 0 Å². The number of alkyl halides is 1. The smallest absolute Gasteiger partial charge is 0.143 e. The normalized spacial score (nSPS) is 25.4. The van der Waals surface area contributed by atoms with Crippen LogP contribution in [0.15, 0.2) is 17.0 Å². The second kappa shape index (κ2) is 5.82. The quantitative estimate of drug-likeness (QED) is 0.869. The number of hydrogen-bond acceptors (Lipinski definition) is 3. The van der Waals surface area contributed by atoms with E-state index in [1.54, 1.807) is 12.5 Å². The van der Waals surface area contributed by atoms with Crippen LogP contribution in [0.25, 0.3) is 0 Å². The molecule has 0 spiro atoms. The van der Waals surface area contributed by atoms with Crippen LogP contribution in [-0.4, -0.2) is 21.9 Å². The summed E-state index contributed by atoms with van der Waals surface area (Å²) in [6.07, 6.45) is 8.01. The van der Waals surface area contributed by atoms with Crippen LogP contribution < -0.4 is 5.32 Å². The predicted molar refractivity (Wildman–Crippen MR) is 69.8 cm³/mol. The van der Waals surface area contributed by atoms with Crippen molar-refractivity contribution in [1.29, 1.82) is 0 Å². The molecule has 0 aliphatic heterocycles. The van der Waals surface area contributed by atoms with Gasteiger partial charge in [-0.1, -0.05) is 0 Å². The van der Waals surface area contributed by atoms with Gasteiger partial charge in [-0.15, -0.1) is 11.6 Å². The van der Waals surface area contributed by atoms with Crippen molar-refractivity contribution in [1.82, 2.24) is 9.97 Å². The average Bonchev–Trinajstić information content (AvgIpc) is 2.30. The van der Waals surface area contributed by atoms with Gasteiger partial charge in [0.15, 0.2) is 0 Å². The molecule has 3 nitrogen and oxygen atoms in total. The number of rotatable bonds is 3. The second-order valence-corrected chi connectivity index (χ2v) is 5.69. The van der Waals surface area contributed by atoms with Crippen molar-refractivity contribution >= 4 is 33.3 Å². The zero-order valence-electron chi connectivity index (χ0n) is 9.00. The highest BCUT2D eigenvalue weighted by molar-refractivity contribution is 9.10. The third-order valence-electron chi connectivity index (χ3n) is 3.00. The summed E-state index contributed by atoms with van der Waals surface area (Å²) in [7, 11) is 0. The third-order valence-corrected chi connectivity index (χ3v) is 4.02. The Morgan fingerprint density at radius 3 is 2.81 bits per heavy atom. The number of nitrogens with one attached hydrogen (secondary N) is 1. The Hall–Kier alpha value is -0.350. The molecular formula is C11H15BrClN3. The Morgan fingerprint density at radius 2 is 2.12 bits per heavy atom. The molecule has 0 saturated heterocycles. The largest absolute Gasteiger partial charge is 0.369 e. The highest BCUT2D eigenvalue weighted by Gasteiger charge is 2.19. The first-order valence-electron chi connectivity index (χ1n) is 5.59. The van der Waals surface area contributed by atoms with E-state index in [0.717, 1.165) is 35.6 Å². The van der Waals surface area contributed by atoms with Gasteiger partial charge in [0, 0.05) is 18.1 Å². The number of aromatic nitrogens is 2. The van der Waals surface area contributed by atoms with E-state index < -0.39 is 0 Å². The maximum atomic E-state index is 6.08. The molecule has 1 aliphatic carbocycles. The Morgan fingerprint density at radius 1 is 1.38 bits per heavy atom. The van der Waals surface area contributed by atoms with Gasteiger partial charge in [0.2, 0.25) is 0 Å². The van der Waals surface area contributed by atoms with Crippen LogP contribution in [0.1, 0.15) is 25.7 Å². The van der Waals surface area contributed by atoms with Crippen molar-refractivity contribution in [2.75, 3.05) is 11.9 Å². The topological polar surface area (TPSA) is 37.8 Å². The van der Waals surface area contributed by atoms with Crippen molar-refractivity contribution in [3.8, 4) is 0 Å². The minimum absolute atomic E-state index is 0.391. The minimum Gasteiger partial charge on any atom is -0.369 e. The highest BCUT2D eigenvalue weighted by atomic mass is 79.9. The molecule has 1 heterocycles. The summed E-state index contributed by atoms with van der Waals surface area (Å²) in [5.41, 5.74) is 0. The van der Waals surface area contributed by atoms with Crippen LogP contribution >= 0.6 is 27.5 Å². The molecule has 1 N–H and O–H groups in total. The maximum Gasteiger partial charge on any atom is 0.143 e. The molecule has 1 aliphatic rings. The monoisotopic (exact) mass is 303 g/mol. The van der Waals surface area contributed by atoms with Crippen LogP contribution in [0, 0.1) is 5.92 Å². The van der Waals surface area contributed by atoms with E-state index in [1.165, 1.54) is 12.8 Å². The first-order chi connectivity index (χ1) is 7.75. The lowest BCUT2D eigenvalue weighted by Gasteiger charge is -2.25. The predicted octanol–water partition coefficient (Wildman–Crippen LogP) is 3.45. The third kappa shape index (κ3) is 3.32. The Kier molecular flexibility index (Phi) is 4.41. The van der Waals surface area contributed by atoms with Crippen molar-refractivity contribution in [2.45, 2.75) is 31.1 Å². The summed E-state index contributed by atoms with van der Waals surface area (Å²) in [4.78, 5) is 8.12. The molecule has 1 saturated carbocycles. The molecule has 88 valence electrons. The molecule has 0 aromatic carbocycles. The van der Waals surface area contributed by atoms with E-state index in [1.807, 2.05) is 0 Å². The Balaban J connectivity index is 1.81. The van der Waals surface area contributed by atoms with Crippen molar-refractivity contribution in [3.05, 3.63) is 17.0 Å². The molecule has 0 unspecified atom stereocenters. The Bertz CT molecular complexity index is 340. The average molecular weight is 305 g/mol. The van der Waals surface area contributed by atoms with Crippen LogP contribution in [0.2, 0.25) is 0 Å². The summed E-state index contributed by atoms with van der Waals surface area (Å²) >= 11 is 9.50. The first kappa shape index (κ1) is 12.1. The van der Waals surface area contributed by atoms with Gasteiger partial charge in [0.1, 0.15) is 12.1 Å². The van der Waals surface area contributed by atoms with Crippen molar-refractivity contribution in [2.24, 2.45) is 5.92 Å². The minimum atomic E-state index is 0.391. The van der Waals surface area contributed by atoms with Gasteiger partial charge in [0.25, 0.3) is 0 Å². The lowest BCUT2D eigenvalue weighted by molar-refractivity contribution is 0.377. The van der Waals surface area contributed by atoms with E-state index in [-0.39, 0.29) is 0 Å². The zero-order valence-corrected chi connectivity index (χ0v) is 11.3. The summed E-state index contributed by atoms with van der Waals surface area (Å²) < 4.78 is 0.918. The molecule has 0 atom stereocenters.